The van der Waals surface area contributed by atoms with Crippen molar-refractivity contribution in [2.75, 3.05) is 6.61 Å². The highest BCUT2D eigenvalue weighted by atomic mass is 28.3. The van der Waals surface area contributed by atoms with Crippen molar-refractivity contribution in [3.05, 3.63) is 65.7 Å². The molecule has 2 aromatic carbocycles. The van der Waals surface area contributed by atoms with Crippen LogP contribution in [0, 0.1) is 0 Å². The third-order valence-corrected chi connectivity index (χ3v) is 7.93. The minimum Gasteiger partial charge on any atom is -0.353 e. The maximum absolute atomic E-state index is 6.54. The average Bonchev–Trinajstić information content (AvgIpc) is 2.69. The quantitative estimate of drug-likeness (QED) is 0.648. The third kappa shape index (κ3) is 4.60. The van der Waals surface area contributed by atoms with Gasteiger partial charge in [-0.3, -0.25) is 0 Å². The second kappa shape index (κ2) is 9.32. The molecule has 1 aliphatic rings. The predicted molar refractivity (Wildman–Crippen MR) is 106 cm³/mol. The van der Waals surface area contributed by atoms with Crippen LogP contribution in [0.15, 0.2) is 54.6 Å². The molecule has 1 fully saturated rings. The van der Waals surface area contributed by atoms with Crippen molar-refractivity contribution in [1.29, 1.82) is 0 Å². The van der Waals surface area contributed by atoms with Gasteiger partial charge in [0.1, 0.15) is 6.10 Å². The highest BCUT2D eigenvalue weighted by molar-refractivity contribution is 6.73. The summed E-state index contributed by atoms with van der Waals surface area (Å²) in [6.07, 6.45) is 3.19. The molecule has 1 radical (unpaired) electrons. The largest absolute Gasteiger partial charge is 0.353 e. The maximum atomic E-state index is 6.54. The first-order chi connectivity index (χ1) is 12.3. The topological polar surface area (TPSA) is 18.5 Å². The van der Waals surface area contributed by atoms with E-state index in [4.69, 9.17) is 9.47 Å². The zero-order chi connectivity index (χ0) is 17.5. The lowest BCUT2D eigenvalue weighted by Crippen LogP contribution is -2.34. The minimum atomic E-state index is -0.543. The van der Waals surface area contributed by atoms with E-state index in [9.17, 15) is 0 Å². The summed E-state index contributed by atoms with van der Waals surface area (Å²) in [4.78, 5) is 0. The predicted octanol–water partition coefficient (Wildman–Crippen LogP) is 5.06. The second-order valence-electron chi connectivity index (χ2n) is 6.62. The van der Waals surface area contributed by atoms with Crippen LogP contribution in [0.5, 0.6) is 0 Å². The van der Waals surface area contributed by atoms with Gasteiger partial charge < -0.3 is 9.47 Å². The summed E-state index contributed by atoms with van der Waals surface area (Å²) < 4.78 is 12.4. The Morgan fingerprint density at radius 1 is 1.00 bits per heavy atom. The van der Waals surface area contributed by atoms with Crippen LogP contribution in [0.1, 0.15) is 50.3 Å². The molecule has 2 atom stereocenters. The van der Waals surface area contributed by atoms with Crippen molar-refractivity contribution >= 4 is 14.0 Å². The summed E-state index contributed by atoms with van der Waals surface area (Å²) in [5.74, 6) is 0. The zero-order valence-corrected chi connectivity index (χ0v) is 16.4. The van der Waals surface area contributed by atoms with Crippen LogP contribution in [0.4, 0.5) is 0 Å². The zero-order valence-electron chi connectivity index (χ0n) is 15.4. The van der Waals surface area contributed by atoms with Crippen LogP contribution in [-0.4, -0.2) is 21.7 Å². The Balaban J connectivity index is 1.96. The molecular weight excluding hydrogens is 324 g/mol. The Morgan fingerprint density at radius 3 is 2.40 bits per heavy atom. The van der Waals surface area contributed by atoms with Crippen LogP contribution in [0.25, 0.3) is 0 Å². The van der Waals surface area contributed by atoms with Crippen molar-refractivity contribution in [3.63, 3.8) is 0 Å². The molecule has 1 aliphatic heterocycles. The Bertz CT molecular complexity index is 633. The molecule has 0 aromatic heterocycles. The molecule has 1 heterocycles. The Hall–Kier alpha value is -1.42. The molecule has 0 aliphatic carbocycles. The molecule has 25 heavy (non-hydrogen) atoms. The fourth-order valence-electron chi connectivity index (χ4n) is 3.61. The average molecular weight is 354 g/mol. The Labute approximate surface area is 153 Å². The van der Waals surface area contributed by atoms with E-state index in [0.717, 1.165) is 19.4 Å². The molecule has 0 spiro atoms. The molecule has 2 aromatic rings. The highest BCUT2D eigenvalue weighted by Crippen LogP contribution is 2.29. The molecule has 0 amide bonds. The lowest BCUT2D eigenvalue weighted by Gasteiger charge is -2.30. The molecule has 0 bridgehead atoms. The van der Waals surface area contributed by atoms with Gasteiger partial charge in [-0.2, -0.15) is 0 Å². The second-order valence-corrected chi connectivity index (χ2v) is 9.78. The van der Waals surface area contributed by atoms with Crippen molar-refractivity contribution in [2.45, 2.75) is 57.6 Å². The van der Waals surface area contributed by atoms with E-state index in [0.29, 0.717) is 0 Å². The standard InChI is InChI=1S/C22H29O2Si/c1-3-25(4-2)20-15-9-8-14-19(20)22(18-12-6-5-7-13-18)24-21-16-10-11-17-23-21/h5-9,12-15,21-22H,3-4,10-11,16-17H2,1-2H3/t21?,22-/m0/s1. The molecule has 1 saturated heterocycles. The van der Waals surface area contributed by atoms with Gasteiger partial charge in [-0.1, -0.05) is 85.7 Å². The first-order valence-corrected chi connectivity index (χ1v) is 11.5. The van der Waals surface area contributed by atoms with Gasteiger partial charge in [0.25, 0.3) is 0 Å². The van der Waals surface area contributed by atoms with Crippen LogP contribution in [0.2, 0.25) is 12.1 Å². The summed E-state index contributed by atoms with van der Waals surface area (Å²) >= 11 is 0. The van der Waals surface area contributed by atoms with Gasteiger partial charge in [0.15, 0.2) is 6.29 Å². The van der Waals surface area contributed by atoms with Crippen LogP contribution < -0.4 is 5.19 Å². The number of hydrogen-bond donors (Lipinski definition) is 0. The van der Waals surface area contributed by atoms with Gasteiger partial charge in [0.05, 0.1) is 8.80 Å². The summed E-state index contributed by atoms with van der Waals surface area (Å²) in [5.41, 5.74) is 2.55. The van der Waals surface area contributed by atoms with Crippen LogP contribution in [0.3, 0.4) is 0 Å². The molecule has 3 heteroatoms. The van der Waals surface area contributed by atoms with Gasteiger partial charge in [-0.25, -0.2) is 0 Å². The minimum absolute atomic E-state index is 0.0430. The normalized spacial score (nSPS) is 19.1. The monoisotopic (exact) mass is 353 g/mol. The molecule has 0 saturated carbocycles. The molecule has 1 unspecified atom stereocenters. The first kappa shape index (κ1) is 18.4. The number of hydrogen-bond acceptors (Lipinski definition) is 2. The van der Waals surface area contributed by atoms with Crippen molar-refractivity contribution in [2.24, 2.45) is 0 Å². The number of ether oxygens (including phenoxy) is 2. The van der Waals surface area contributed by atoms with Crippen LogP contribution in [-0.2, 0) is 9.47 Å². The molecule has 0 N–H and O–H groups in total. The van der Waals surface area contributed by atoms with Gasteiger partial charge >= 0.3 is 0 Å². The fourth-order valence-corrected chi connectivity index (χ4v) is 5.82. The molecule has 2 nitrogen and oxygen atoms in total. The van der Waals surface area contributed by atoms with Crippen molar-refractivity contribution < 1.29 is 9.47 Å². The van der Waals surface area contributed by atoms with Gasteiger partial charge in [-0.05, 0) is 30.4 Å². The van der Waals surface area contributed by atoms with E-state index in [1.165, 1.54) is 34.8 Å². The fraction of sp³-hybridized carbons (Fsp3) is 0.455. The van der Waals surface area contributed by atoms with Gasteiger partial charge in [0.2, 0.25) is 0 Å². The summed E-state index contributed by atoms with van der Waals surface area (Å²) in [7, 11) is -0.543. The SMILES string of the molecule is CC[Si](CC)c1ccccc1[C@@H](OC1CCCCO1)c1ccccc1. The Kier molecular flexibility index (Phi) is 6.85. The maximum Gasteiger partial charge on any atom is 0.158 e. The smallest absolute Gasteiger partial charge is 0.158 e. The van der Waals surface area contributed by atoms with Crippen molar-refractivity contribution in [3.8, 4) is 0 Å². The molecule has 3 rings (SSSR count). The van der Waals surface area contributed by atoms with E-state index < -0.39 is 8.80 Å². The third-order valence-electron chi connectivity index (χ3n) is 5.01. The summed E-state index contributed by atoms with van der Waals surface area (Å²) in [6.45, 7) is 5.45. The van der Waals surface area contributed by atoms with E-state index in [1.807, 2.05) is 0 Å². The van der Waals surface area contributed by atoms with Crippen LogP contribution >= 0.6 is 0 Å². The summed E-state index contributed by atoms with van der Waals surface area (Å²) in [5, 5.41) is 1.52. The van der Waals surface area contributed by atoms with E-state index in [-0.39, 0.29) is 12.4 Å². The van der Waals surface area contributed by atoms with Crippen molar-refractivity contribution in [1.82, 2.24) is 0 Å². The highest BCUT2D eigenvalue weighted by Gasteiger charge is 2.26. The lowest BCUT2D eigenvalue weighted by molar-refractivity contribution is -0.181. The molecular formula is C22H29O2Si. The number of benzene rings is 2. The van der Waals surface area contributed by atoms with E-state index in [1.54, 1.807) is 0 Å². The molecule has 133 valence electrons. The summed E-state index contributed by atoms with van der Waals surface area (Å²) in [6, 6.07) is 22.0. The first-order valence-electron chi connectivity index (χ1n) is 9.59. The van der Waals surface area contributed by atoms with Gasteiger partial charge in [0, 0.05) is 6.61 Å². The lowest BCUT2D eigenvalue weighted by atomic mass is 10.0. The van der Waals surface area contributed by atoms with E-state index >= 15 is 0 Å². The number of rotatable bonds is 7. The van der Waals surface area contributed by atoms with E-state index in [2.05, 4.69) is 68.4 Å². The van der Waals surface area contributed by atoms with Gasteiger partial charge in [-0.15, -0.1) is 0 Å². The Morgan fingerprint density at radius 2 is 1.72 bits per heavy atom.